The lowest BCUT2D eigenvalue weighted by atomic mass is 10.1. The Morgan fingerprint density at radius 3 is 2.35 bits per heavy atom. The third-order valence-electron chi connectivity index (χ3n) is 4.66. The smallest absolute Gasteiger partial charge is 0.164 e. The van der Waals surface area contributed by atoms with E-state index in [1.807, 2.05) is 18.3 Å². The number of aromatic nitrogens is 3. The molecular formula is C22H22N4. The summed E-state index contributed by atoms with van der Waals surface area (Å²) in [5.41, 5.74) is 12.1. The molecule has 4 rings (SSSR count). The van der Waals surface area contributed by atoms with Crippen molar-refractivity contribution in [3.63, 3.8) is 0 Å². The van der Waals surface area contributed by atoms with Crippen LogP contribution in [0.15, 0.2) is 66.9 Å². The van der Waals surface area contributed by atoms with E-state index < -0.39 is 0 Å². The molecule has 0 spiro atoms. The molecule has 0 radical (unpaired) electrons. The van der Waals surface area contributed by atoms with Crippen molar-refractivity contribution in [2.24, 2.45) is 5.73 Å². The largest absolute Gasteiger partial charge is 0.330 e. The summed E-state index contributed by atoms with van der Waals surface area (Å²) in [7, 11) is 0. The number of benzene rings is 2. The first-order chi connectivity index (χ1) is 12.8. The highest BCUT2D eigenvalue weighted by atomic mass is 15.1. The lowest BCUT2D eigenvalue weighted by molar-refractivity contribution is 0.965. The molecule has 4 nitrogen and oxygen atoms in total. The van der Waals surface area contributed by atoms with E-state index in [1.165, 1.54) is 11.1 Å². The summed E-state index contributed by atoms with van der Waals surface area (Å²) in [4.78, 5) is 9.43. The van der Waals surface area contributed by atoms with Crippen LogP contribution < -0.4 is 5.73 Å². The second-order valence-corrected chi connectivity index (χ2v) is 6.37. The molecular weight excluding hydrogens is 320 g/mol. The van der Waals surface area contributed by atoms with E-state index in [1.54, 1.807) is 0 Å². The van der Waals surface area contributed by atoms with Crippen LogP contribution in [0.1, 0.15) is 18.1 Å². The molecule has 2 heterocycles. The Kier molecular flexibility index (Phi) is 4.50. The molecule has 0 aliphatic rings. The number of imidazole rings is 1. The first-order valence-corrected chi connectivity index (χ1v) is 9.02. The summed E-state index contributed by atoms with van der Waals surface area (Å²) >= 11 is 0. The molecule has 0 aliphatic heterocycles. The van der Waals surface area contributed by atoms with Gasteiger partial charge in [-0.05, 0) is 54.8 Å². The summed E-state index contributed by atoms with van der Waals surface area (Å²) in [5, 5.41) is 0. The summed E-state index contributed by atoms with van der Waals surface area (Å²) in [6, 6.07) is 21.0. The van der Waals surface area contributed by atoms with E-state index in [0.717, 1.165) is 41.1 Å². The number of nitrogens with two attached hydrogens (primary N) is 1. The van der Waals surface area contributed by atoms with Gasteiger partial charge in [0.1, 0.15) is 11.3 Å². The molecule has 2 N–H and O–H groups in total. The second kappa shape index (κ2) is 7.10. The van der Waals surface area contributed by atoms with Gasteiger partial charge in [0.25, 0.3) is 0 Å². The zero-order valence-corrected chi connectivity index (χ0v) is 14.9. The minimum absolute atomic E-state index is 0.657. The number of nitrogens with zero attached hydrogens (tertiary/aromatic N) is 3. The minimum Gasteiger partial charge on any atom is -0.330 e. The Hall–Kier alpha value is -2.98. The van der Waals surface area contributed by atoms with Crippen molar-refractivity contribution in [3.8, 4) is 17.1 Å². The molecule has 0 atom stereocenters. The third-order valence-corrected chi connectivity index (χ3v) is 4.66. The Morgan fingerprint density at radius 2 is 1.65 bits per heavy atom. The van der Waals surface area contributed by atoms with Crippen LogP contribution in [0.5, 0.6) is 0 Å². The van der Waals surface area contributed by atoms with Crippen molar-refractivity contribution in [3.05, 3.63) is 78.0 Å². The zero-order valence-electron chi connectivity index (χ0n) is 14.9. The highest BCUT2D eigenvalue weighted by molar-refractivity contribution is 5.79. The number of aryl methyl sites for hydroxylation is 1. The van der Waals surface area contributed by atoms with Crippen molar-refractivity contribution in [2.45, 2.75) is 19.8 Å². The summed E-state index contributed by atoms with van der Waals surface area (Å²) in [6.45, 7) is 2.82. The quantitative estimate of drug-likeness (QED) is 0.593. The van der Waals surface area contributed by atoms with Gasteiger partial charge >= 0.3 is 0 Å². The van der Waals surface area contributed by atoms with Gasteiger partial charge in [0.05, 0.1) is 0 Å². The van der Waals surface area contributed by atoms with E-state index in [4.69, 9.17) is 10.7 Å². The first kappa shape index (κ1) is 16.5. The van der Waals surface area contributed by atoms with Crippen molar-refractivity contribution < 1.29 is 0 Å². The summed E-state index contributed by atoms with van der Waals surface area (Å²) < 4.78 is 2.13. The third kappa shape index (κ3) is 3.00. The van der Waals surface area contributed by atoms with E-state index in [0.29, 0.717) is 6.54 Å². The topological polar surface area (TPSA) is 56.7 Å². The molecule has 2 aromatic heterocycles. The number of hydrogen-bond donors (Lipinski definition) is 1. The van der Waals surface area contributed by atoms with Crippen molar-refractivity contribution in [1.29, 1.82) is 0 Å². The summed E-state index contributed by atoms with van der Waals surface area (Å²) in [5.74, 6) is 0.910. The first-order valence-electron chi connectivity index (χ1n) is 9.02. The highest BCUT2D eigenvalue weighted by Crippen LogP contribution is 2.28. The van der Waals surface area contributed by atoms with Gasteiger partial charge in [0.2, 0.25) is 0 Å². The summed E-state index contributed by atoms with van der Waals surface area (Å²) in [6.07, 6.45) is 3.72. The molecule has 0 fully saturated rings. The van der Waals surface area contributed by atoms with E-state index in [9.17, 15) is 0 Å². The molecule has 130 valence electrons. The predicted octanol–water partition coefficient (Wildman–Crippen LogP) is 4.15. The average molecular weight is 342 g/mol. The van der Waals surface area contributed by atoms with E-state index in [-0.39, 0.29) is 0 Å². The van der Waals surface area contributed by atoms with Crippen LogP contribution in [0.2, 0.25) is 0 Å². The number of pyridine rings is 1. The molecule has 2 aromatic carbocycles. The Balaban J connectivity index is 1.88. The van der Waals surface area contributed by atoms with Crippen molar-refractivity contribution >= 4 is 11.2 Å². The molecule has 0 saturated heterocycles. The number of rotatable bonds is 5. The molecule has 4 heteroatoms. The molecule has 26 heavy (non-hydrogen) atoms. The maximum absolute atomic E-state index is 5.67. The fraction of sp³-hybridized carbons (Fsp3) is 0.182. The lowest BCUT2D eigenvalue weighted by Crippen LogP contribution is -2.03. The van der Waals surface area contributed by atoms with Crippen LogP contribution in [0.3, 0.4) is 0 Å². The Bertz CT molecular complexity index is 1010. The van der Waals surface area contributed by atoms with Crippen LogP contribution in [-0.4, -0.2) is 21.1 Å². The molecule has 0 aliphatic carbocycles. The standard InChI is InChI=1S/C22H22N4/c1-2-16-5-9-18(10-6-16)21-25-20-4-3-15-24-22(20)26(21)19-11-7-17(8-12-19)13-14-23/h3-12,15H,2,13-14,23H2,1H3. The minimum atomic E-state index is 0.657. The van der Waals surface area contributed by atoms with Crippen LogP contribution in [-0.2, 0) is 12.8 Å². The van der Waals surface area contributed by atoms with Gasteiger partial charge in [-0.1, -0.05) is 43.3 Å². The second-order valence-electron chi connectivity index (χ2n) is 6.37. The number of fused-ring (bicyclic) bond motifs is 1. The molecule has 0 saturated carbocycles. The average Bonchev–Trinajstić information content (AvgIpc) is 3.08. The van der Waals surface area contributed by atoms with Crippen LogP contribution in [0, 0.1) is 0 Å². The van der Waals surface area contributed by atoms with E-state index in [2.05, 4.69) is 65.0 Å². The monoisotopic (exact) mass is 342 g/mol. The highest BCUT2D eigenvalue weighted by Gasteiger charge is 2.15. The van der Waals surface area contributed by atoms with E-state index >= 15 is 0 Å². The van der Waals surface area contributed by atoms with Gasteiger partial charge in [-0.2, -0.15) is 0 Å². The van der Waals surface area contributed by atoms with Crippen LogP contribution >= 0.6 is 0 Å². The van der Waals surface area contributed by atoms with Crippen molar-refractivity contribution in [2.75, 3.05) is 6.54 Å². The normalized spacial score (nSPS) is 11.2. The van der Waals surface area contributed by atoms with Gasteiger partial charge in [-0.3, -0.25) is 4.57 Å². The van der Waals surface area contributed by atoms with Crippen LogP contribution in [0.4, 0.5) is 0 Å². The Morgan fingerprint density at radius 1 is 0.923 bits per heavy atom. The van der Waals surface area contributed by atoms with Gasteiger partial charge in [-0.15, -0.1) is 0 Å². The maximum Gasteiger partial charge on any atom is 0.164 e. The fourth-order valence-electron chi connectivity index (χ4n) is 3.22. The SMILES string of the molecule is CCc1ccc(-c2nc3cccnc3n2-c2ccc(CCN)cc2)cc1. The molecule has 0 amide bonds. The lowest BCUT2D eigenvalue weighted by Gasteiger charge is -2.10. The van der Waals surface area contributed by atoms with Gasteiger partial charge in [0.15, 0.2) is 5.65 Å². The Labute approximate surface area is 153 Å². The van der Waals surface area contributed by atoms with Crippen molar-refractivity contribution in [1.82, 2.24) is 14.5 Å². The molecule has 0 unspecified atom stereocenters. The van der Waals surface area contributed by atoms with Gasteiger partial charge < -0.3 is 5.73 Å². The molecule has 0 bridgehead atoms. The van der Waals surface area contributed by atoms with Crippen LogP contribution in [0.25, 0.3) is 28.2 Å². The molecule has 4 aromatic rings. The maximum atomic E-state index is 5.67. The number of hydrogen-bond acceptors (Lipinski definition) is 3. The van der Waals surface area contributed by atoms with Gasteiger partial charge in [-0.25, -0.2) is 9.97 Å². The zero-order chi connectivity index (χ0) is 17.9. The fourth-order valence-corrected chi connectivity index (χ4v) is 3.22. The predicted molar refractivity (Wildman–Crippen MR) is 106 cm³/mol. The van der Waals surface area contributed by atoms with Gasteiger partial charge in [0, 0.05) is 17.4 Å².